The number of hydrogen-bond donors (Lipinski definition) is 0. The average Bonchev–Trinajstić information content (AvgIpc) is 3.40. The minimum absolute atomic E-state index is 0.212. The minimum Gasteiger partial charge on any atom is -0.495 e. The standard InChI is InChI=1S/C24H25N5O3/c1-26-21-20(22(30)29(24(26)31)14-8-11-17-9-4-3-5-10-17)28-16-15-27(23(28)25-21)18-12-6-7-13-19(18)32-2/h3-13,20-21H,14-16H2,1-2H3/b11-8+. The van der Waals surface area contributed by atoms with Gasteiger partial charge in [0.1, 0.15) is 5.75 Å². The van der Waals surface area contributed by atoms with Crippen LogP contribution < -0.4 is 9.64 Å². The number of amides is 3. The molecule has 2 saturated heterocycles. The fourth-order valence-corrected chi connectivity index (χ4v) is 4.54. The number of ether oxygens (including phenoxy) is 1. The Labute approximate surface area is 187 Å². The van der Waals surface area contributed by atoms with Gasteiger partial charge in [0, 0.05) is 26.7 Å². The summed E-state index contributed by atoms with van der Waals surface area (Å²) in [6.07, 6.45) is 3.24. The van der Waals surface area contributed by atoms with Crippen molar-refractivity contribution in [3.8, 4) is 5.75 Å². The summed E-state index contributed by atoms with van der Waals surface area (Å²) in [5, 5.41) is 0. The molecule has 0 N–H and O–H groups in total. The van der Waals surface area contributed by atoms with E-state index in [9.17, 15) is 9.59 Å². The fraction of sp³-hybridized carbons (Fsp3) is 0.292. The zero-order valence-electron chi connectivity index (χ0n) is 18.1. The van der Waals surface area contributed by atoms with Crippen LogP contribution in [0.1, 0.15) is 5.56 Å². The Hall–Kier alpha value is -3.81. The van der Waals surface area contributed by atoms with Gasteiger partial charge in [-0.2, -0.15) is 0 Å². The van der Waals surface area contributed by atoms with Crippen LogP contribution in [0.15, 0.2) is 65.7 Å². The van der Waals surface area contributed by atoms with Gasteiger partial charge in [-0.3, -0.25) is 9.69 Å². The number of aliphatic imine (C=N–C) groups is 1. The summed E-state index contributed by atoms with van der Waals surface area (Å²) < 4.78 is 5.52. The first-order chi connectivity index (χ1) is 15.6. The largest absolute Gasteiger partial charge is 0.495 e. The van der Waals surface area contributed by atoms with Crippen molar-refractivity contribution in [1.29, 1.82) is 0 Å². The number of nitrogens with zero attached hydrogens (tertiary/aromatic N) is 5. The van der Waals surface area contributed by atoms with Crippen molar-refractivity contribution in [3.05, 3.63) is 66.2 Å². The highest BCUT2D eigenvalue weighted by Crippen LogP contribution is 2.36. The smallest absolute Gasteiger partial charge is 0.328 e. The number of anilines is 1. The number of fused-ring (bicyclic) bond motifs is 3. The quantitative estimate of drug-likeness (QED) is 0.728. The van der Waals surface area contributed by atoms with E-state index >= 15 is 0 Å². The molecule has 164 valence electrons. The summed E-state index contributed by atoms with van der Waals surface area (Å²) in [6, 6.07) is 16.7. The van der Waals surface area contributed by atoms with Gasteiger partial charge in [0.05, 0.1) is 12.8 Å². The van der Waals surface area contributed by atoms with E-state index in [2.05, 4.69) is 4.90 Å². The Morgan fingerprint density at radius 2 is 1.81 bits per heavy atom. The number of para-hydroxylation sites is 2. The molecule has 0 bridgehead atoms. The maximum atomic E-state index is 13.4. The fourth-order valence-electron chi connectivity index (χ4n) is 4.54. The number of hydrogen-bond acceptors (Lipinski definition) is 6. The molecule has 2 unspecified atom stereocenters. The molecule has 2 aromatic rings. The molecule has 5 rings (SSSR count). The number of likely N-dealkylation sites (N-methyl/N-ethyl adjacent to an activating group) is 1. The van der Waals surface area contributed by atoms with Gasteiger partial charge in [0.2, 0.25) is 5.96 Å². The number of carbonyl (C=O) groups excluding carboxylic acids is 2. The lowest BCUT2D eigenvalue weighted by molar-refractivity contribution is -0.136. The molecule has 3 aliphatic heterocycles. The van der Waals surface area contributed by atoms with Crippen molar-refractivity contribution in [2.75, 3.05) is 38.7 Å². The van der Waals surface area contributed by atoms with Crippen molar-refractivity contribution >= 4 is 29.7 Å². The molecule has 8 heteroatoms. The van der Waals surface area contributed by atoms with E-state index in [1.54, 1.807) is 19.1 Å². The lowest BCUT2D eigenvalue weighted by atomic mass is 10.1. The van der Waals surface area contributed by atoms with Gasteiger partial charge < -0.3 is 19.4 Å². The lowest BCUT2D eigenvalue weighted by Gasteiger charge is -2.40. The molecule has 0 aliphatic carbocycles. The maximum Gasteiger partial charge on any atom is 0.328 e. The van der Waals surface area contributed by atoms with Crippen molar-refractivity contribution in [2.24, 2.45) is 4.99 Å². The number of benzene rings is 2. The molecule has 3 aliphatic rings. The van der Waals surface area contributed by atoms with Crippen molar-refractivity contribution < 1.29 is 14.3 Å². The van der Waals surface area contributed by atoms with Crippen LogP contribution in [0.5, 0.6) is 5.75 Å². The summed E-state index contributed by atoms with van der Waals surface area (Å²) in [7, 11) is 3.35. The molecule has 3 amide bonds. The van der Waals surface area contributed by atoms with Gasteiger partial charge in [-0.25, -0.2) is 9.79 Å². The van der Waals surface area contributed by atoms with Crippen LogP contribution in [0, 0.1) is 0 Å². The van der Waals surface area contributed by atoms with E-state index in [4.69, 9.17) is 9.73 Å². The van der Waals surface area contributed by atoms with Crippen molar-refractivity contribution in [2.45, 2.75) is 12.2 Å². The summed E-state index contributed by atoms with van der Waals surface area (Å²) in [5.41, 5.74) is 1.92. The zero-order chi connectivity index (χ0) is 22.2. The molecule has 2 aromatic carbocycles. The summed E-state index contributed by atoms with van der Waals surface area (Å²) >= 11 is 0. The van der Waals surface area contributed by atoms with E-state index in [-0.39, 0.29) is 18.5 Å². The number of imide groups is 1. The Kier molecular flexibility index (Phi) is 5.05. The summed E-state index contributed by atoms with van der Waals surface area (Å²) in [4.78, 5) is 38.1. The number of carbonyl (C=O) groups is 2. The first-order valence-electron chi connectivity index (χ1n) is 10.6. The van der Waals surface area contributed by atoms with Crippen LogP contribution in [-0.4, -0.2) is 78.6 Å². The molecule has 2 atom stereocenters. The highest BCUT2D eigenvalue weighted by Gasteiger charge is 2.54. The highest BCUT2D eigenvalue weighted by atomic mass is 16.5. The van der Waals surface area contributed by atoms with Crippen molar-refractivity contribution in [3.63, 3.8) is 0 Å². The van der Waals surface area contributed by atoms with Gasteiger partial charge in [0.25, 0.3) is 5.91 Å². The van der Waals surface area contributed by atoms with Crippen molar-refractivity contribution in [1.82, 2.24) is 14.7 Å². The van der Waals surface area contributed by atoms with E-state index in [1.165, 1.54) is 4.90 Å². The number of urea groups is 1. The molecular formula is C24H25N5O3. The second-order valence-corrected chi connectivity index (χ2v) is 7.96. The van der Waals surface area contributed by atoms with Gasteiger partial charge in [0.15, 0.2) is 12.2 Å². The predicted molar refractivity (Wildman–Crippen MR) is 122 cm³/mol. The van der Waals surface area contributed by atoms with Crippen LogP contribution in [0.25, 0.3) is 6.08 Å². The normalized spacial score (nSPS) is 22.5. The first kappa shape index (κ1) is 20.1. The topological polar surface area (TPSA) is 68.7 Å². The van der Waals surface area contributed by atoms with Gasteiger partial charge in [-0.15, -0.1) is 0 Å². The Morgan fingerprint density at radius 1 is 1.06 bits per heavy atom. The van der Waals surface area contributed by atoms with Crippen LogP contribution >= 0.6 is 0 Å². The van der Waals surface area contributed by atoms with Crippen LogP contribution in [-0.2, 0) is 4.79 Å². The predicted octanol–water partition coefficient (Wildman–Crippen LogP) is 2.49. The summed E-state index contributed by atoms with van der Waals surface area (Å²) in [6.45, 7) is 1.57. The first-order valence-corrected chi connectivity index (χ1v) is 10.6. The van der Waals surface area contributed by atoms with E-state index in [1.807, 2.05) is 71.6 Å². The molecule has 8 nitrogen and oxygen atoms in total. The Bertz CT molecular complexity index is 1100. The molecule has 2 fully saturated rings. The van der Waals surface area contributed by atoms with Gasteiger partial charge in [-0.1, -0.05) is 54.6 Å². The molecule has 32 heavy (non-hydrogen) atoms. The molecule has 0 spiro atoms. The number of methoxy groups -OCH3 is 1. The van der Waals surface area contributed by atoms with E-state index < -0.39 is 12.2 Å². The maximum absolute atomic E-state index is 13.4. The van der Waals surface area contributed by atoms with E-state index in [0.29, 0.717) is 19.0 Å². The van der Waals surface area contributed by atoms with Gasteiger partial charge in [-0.05, 0) is 17.7 Å². The summed E-state index contributed by atoms with van der Waals surface area (Å²) in [5.74, 6) is 1.24. The number of rotatable bonds is 5. The molecule has 0 saturated carbocycles. The third-order valence-corrected chi connectivity index (χ3v) is 6.15. The Balaban J connectivity index is 1.39. The minimum atomic E-state index is -0.531. The second kappa shape index (κ2) is 8.03. The second-order valence-electron chi connectivity index (χ2n) is 7.96. The monoisotopic (exact) mass is 431 g/mol. The molecule has 0 aromatic heterocycles. The SMILES string of the molecule is COc1ccccc1N1CCN2C1=NC1C2C(=O)N(C/C=C/c2ccccc2)C(=O)N1C. The molecular weight excluding hydrogens is 406 g/mol. The molecule has 3 heterocycles. The highest BCUT2D eigenvalue weighted by molar-refractivity contribution is 6.08. The van der Waals surface area contributed by atoms with Crippen LogP contribution in [0.4, 0.5) is 10.5 Å². The lowest BCUT2D eigenvalue weighted by Crippen LogP contribution is -2.64. The van der Waals surface area contributed by atoms with E-state index in [0.717, 1.165) is 17.0 Å². The number of guanidine groups is 1. The third kappa shape index (κ3) is 3.19. The average molecular weight is 431 g/mol. The zero-order valence-corrected chi connectivity index (χ0v) is 18.1. The van der Waals surface area contributed by atoms with Gasteiger partial charge >= 0.3 is 6.03 Å². The molecule has 0 radical (unpaired) electrons. The third-order valence-electron chi connectivity index (χ3n) is 6.15. The Morgan fingerprint density at radius 3 is 2.59 bits per heavy atom. The van der Waals surface area contributed by atoms with Crippen LogP contribution in [0.2, 0.25) is 0 Å². The van der Waals surface area contributed by atoms with Crippen LogP contribution in [0.3, 0.4) is 0 Å².